The average molecular weight is 445 g/mol. The molecule has 4 aliphatic rings. The number of rotatable bonds is 5. The highest BCUT2D eigenvalue weighted by molar-refractivity contribution is 5.41. The fourth-order valence-electron chi connectivity index (χ4n) is 8.00. The van der Waals surface area contributed by atoms with Gasteiger partial charge in [-0.25, -0.2) is 0 Å². The van der Waals surface area contributed by atoms with Gasteiger partial charge in [0.05, 0.1) is 13.2 Å². The van der Waals surface area contributed by atoms with Gasteiger partial charge in [0.15, 0.2) is 5.79 Å². The van der Waals surface area contributed by atoms with Gasteiger partial charge in [0, 0.05) is 11.8 Å². The Labute approximate surface area is 198 Å². The van der Waals surface area contributed by atoms with Crippen LogP contribution in [0.25, 0.3) is 0 Å². The summed E-state index contributed by atoms with van der Waals surface area (Å²) in [6, 6.07) is 17.3. The molecule has 2 aromatic rings. The Morgan fingerprint density at radius 2 is 1.91 bits per heavy atom. The molecule has 3 nitrogen and oxygen atoms in total. The van der Waals surface area contributed by atoms with Gasteiger partial charge < -0.3 is 14.2 Å². The number of aryl methyl sites for hydroxylation is 1. The Kier molecular flexibility index (Phi) is 5.38. The van der Waals surface area contributed by atoms with Crippen LogP contribution in [0.3, 0.4) is 0 Å². The highest BCUT2D eigenvalue weighted by Gasteiger charge is 2.68. The third-order valence-electron chi connectivity index (χ3n) is 9.33. The second-order valence-electron chi connectivity index (χ2n) is 10.9. The monoisotopic (exact) mass is 444 g/mol. The quantitative estimate of drug-likeness (QED) is 0.482. The Bertz CT molecular complexity index is 1010. The van der Waals surface area contributed by atoms with Crippen molar-refractivity contribution in [3.8, 4) is 5.75 Å². The molecular weight excluding hydrogens is 408 g/mol. The highest BCUT2D eigenvalue weighted by atomic mass is 16.7. The minimum absolute atomic E-state index is 0.106. The first kappa shape index (κ1) is 21.4. The minimum atomic E-state index is -0.369. The third kappa shape index (κ3) is 3.39. The van der Waals surface area contributed by atoms with E-state index in [0.29, 0.717) is 30.3 Å². The lowest BCUT2D eigenvalue weighted by molar-refractivity contribution is -0.237. The first-order chi connectivity index (χ1) is 16.1. The summed E-state index contributed by atoms with van der Waals surface area (Å²) in [7, 11) is 0. The fraction of sp³-hybridized carbons (Fsp3) is 0.533. The molecule has 6 rings (SSSR count). The number of fused-ring (bicyclic) bond motifs is 6. The summed E-state index contributed by atoms with van der Waals surface area (Å²) in [4.78, 5) is 0. The first-order valence-electron chi connectivity index (χ1n) is 12.8. The topological polar surface area (TPSA) is 27.7 Å². The fourth-order valence-corrected chi connectivity index (χ4v) is 8.00. The van der Waals surface area contributed by atoms with Crippen LogP contribution in [0, 0.1) is 23.2 Å². The second kappa shape index (κ2) is 8.29. The molecule has 174 valence electrons. The molecule has 0 aromatic heterocycles. The minimum Gasteiger partial charge on any atom is -0.489 e. The summed E-state index contributed by atoms with van der Waals surface area (Å²) >= 11 is 0. The van der Waals surface area contributed by atoms with Gasteiger partial charge in [0.2, 0.25) is 0 Å². The van der Waals surface area contributed by atoms with Crippen LogP contribution in [0.1, 0.15) is 61.6 Å². The SMILES string of the molecule is C=CC[C@@H]1CC2(OCCO2)[C@@]2(C)CC[C@@H]3c4ccc(OCc5ccccc5)cc4CC[C@H]3[C@H]12. The summed E-state index contributed by atoms with van der Waals surface area (Å²) < 4.78 is 19.0. The second-order valence-corrected chi connectivity index (χ2v) is 10.9. The maximum atomic E-state index is 6.41. The van der Waals surface area contributed by atoms with E-state index in [0.717, 1.165) is 38.2 Å². The van der Waals surface area contributed by atoms with Crippen LogP contribution >= 0.6 is 0 Å². The normalized spacial score (nSPS) is 33.8. The van der Waals surface area contributed by atoms with E-state index >= 15 is 0 Å². The molecule has 0 amide bonds. The van der Waals surface area contributed by atoms with Crippen LogP contribution in [-0.2, 0) is 22.5 Å². The zero-order valence-corrected chi connectivity index (χ0v) is 19.8. The van der Waals surface area contributed by atoms with Crippen molar-refractivity contribution in [3.63, 3.8) is 0 Å². The number of hydrogen-bond acceptors (Lipinski definition) is 3. The van der Waals surface area contributed by atoms with Crippen molar-refractivity contribution in [1.82, 2.24) is 0 Å². The number of ether oxygens (including phenoxy) is 3. The average Bonchev–Trinajstić information content (AvgIpc) is 3.41. The Morgan fingerprint density at radius 1 is 1.09 bits per heavy atom. The molecule has 3 fully saturated rings. The van der Waals surface area contributed by atoms with E-state index in [1.54, 1.807) is 5.56 Å². The van der Waals surface area contributed by atoms with Crippen molar-refractivity contribution < 1.29 is 14.2 Å². The molecule has 1 spiro atoms. The molecule has 2 aromatic carbocycles. The van der Waals surface area contributed by atoms with Crippen molar-refractivity contribution in [2.45, 2.75) is 63.8 Å². The van der Waals surface area contributed by atoms with Crippen LogP contribution in [0.15, 0.2) is 61.2 Å². The predicted molar refractivity (Wildman–Crippen MR) is 130 cm³/mol. The number of benzene rings is 2. The molecule has 1 aliphatic heterocycles. The molecule has 0 radical (unpaired) electrons. The lowest BCUT2D eigenvalue weighted by atomic mass is 9.53. The molecule has 3 heteroatoms. The Balaban J connectivity index is 1.26. The predicted octanol–water partition coefficient (Wildman–Crippen LogP) is 6.67. The summed E-state index contributed by atoms with van der Waals surface area (Å²) in [5.41, 5.74) is 4.37. The summed E-state index contributed by atoms with van der Waals surface area (Å²) in [6.07, 6.45) is 9.02. The van der Waals surface area contributed by atoms with E-state index in [1.807, 2.05) is 6.07 Å². The zero-order chi connectivity index (χ0) is 22.5. The molecule has 3 aliphatic carbocycles. The van der Waals surface area contributed by atoms with Crippen LogP contribution in [-0.4, -0.2) is 19.0 Å². The van der Waals surface area contributed by atoms with E-state index in [-0.39, 0.29) is 11.2 Å². The van der Waals surface area contributed by atoms with E-state index < -0.39 is 0 Å². The van der Waals surface area contributed by atoms with Crippen molar-refractivity contribution in [2.24, 2.45) is 23.2 Å². The number of allylic oxidation sites excluding steroid dienone is 1. The maximum Gasteiger partial charge on any atom is 0.174 e. The van der Waals surface area contributed by atoms with E-state index in [4.69, 9.17) is 14.2 Å². The highest BCUT2D eigenvalue weighted by Crippen LogP contribution is 2.68. The molecule has 1 heterocycles. The molecule has 0 bridgehead atoms. The maximum absolute atomic E-state index is 6.41. The zero-order valence-electron chi connectivity index (χ0n) is 19.8. The molecule has 33 heavy (non-hydrogen) atoms. The summed E-state index contributed by atoms with van der Waals surface area (Å²) in [5, 5.41) is 0. The van der Waals surface area contributed by atoms with Crippen LogP contribution in [0.5, 0.6) is 5.75 Å². The van der Waals surface area contributed by atoms with Crippen molar-refractivity contribution in [3.05, 3.63) is 77.9 Å². The lowest BCUT2D eigenvalue weighted by Crippen LogP contribution is -2.51. The van der Waals surface area contributed by atoms with Gasteiger partial charge >= 0.3 is 0 Å². The van der Waals surface area contributed by atoms with Gasteiger partial charge in [0.25, 0.3) is 0 Å². The van der Waals surface area contributed by atoms with Gasteiger partial charge in [-0.3, -0.25) is 0 Å². The molecule has 5 atom stereocenters. The van der Waals surface area contributed by atoms with Gasteiger partial charge in [-0.1, -0.05) is 49.4 Å². The molecule has 2 saturated carbocycles. The smallest absolute Gasteiger partial charge is 0.174 e. The van der Waals surface area contributed by atoms with Gasteiger partial charge in [-0.05, 0) is 84.6 Å². The standard InChI is InChI=1S/C30H36O3/c1-3-7-23-19-30(32-16-17-33-30)29(2)15-14-26-25-13-11-24(31-20-21-8-5-4-6-9-21)18-22(25)10-12-27(26)28(23)29/h3-6,8-9,11,13,18,23,26-28H,1,7,10,12,14-17,19-20H2,2H3/t23-,26-,27-,28+,29+/m1/s1. The van der Waals surface area contributed by atoms with E-state index in [1.165, 1.54) is 30.4 Å². The first-order valence-corrected chi connectivity index (χ1v) is 12.8. The molecule has 1 saturated heterocycles. The van der Waals surface area contributed by atoms with Crippen molar-refractivity contribution >= 4 is 0 Å². The van der Waals surface area contributed by atoms with Gasteiger partial charge in [0.1, 0.15) is 12.4 Å². The van der Waals surface area contributed by atoms with Crippen LogP contribution in [0.2, 0.25) is 0 Å². The Morgan fingerprint density at radius 3 is 2.70 bits per heavy atom. The number of hydrogen-bond donors (Lipinski definition) is 0. The largest absolute Gasteiger partial charge is 0.489 e. The van der Waals surface area contributed by atoms with E-state index in [9.17, 15) is 0 Å². The molecular formula is C30H36O3. The van der Waals surface area contributed by atoms with Crippen LogP contribution < -0.4 is 4.74 Å². The van der Waals surface area contributed by atoms with Gasteiger partial charge in [-0.2, -0.15) is 0 Å². The molecule has 0 N–H and O–H groups in total. The third-order valence-corrected chi connectivity index (χ3v) is 9.33. The van der Waals surface area contributed by atoms with Crippen molar-refractivity contribution in [2.75, 3.05) is 13.2 Å². The lowest BCUT2D eigenvalue weighted by Gasteiger charge is -2.53. The van der Waals surface area contributed by atoms with Crippen molar-refractivity contribution in [1.29, 1.82) is 0 Å². The van der Waals surface area contributed by atoms with Crippen LogP contribution in [0.4, 0.5) is 0 Å². The summed E-state index contributed by atoms with van der Waals surface area (Å²) in [5.74, 6) is 3.20. The van der Waals surface area contributed by atoms with E-state index in [2.05, 4.69) is 62.0 Å². The van der Waals surface area contributed by atoms with Gasteiger partial charge in [-0.15, -0.1) is 6.58 Å². The Hall–Kier alpha value is -2.10. The molecule has 0 unspecified atom stereocenters. The summed E-state index contributed by atoms with van der Waals surface area (Å²) in [6.45, 7) is 8.67.